The van der Waals surface area contributed by atoms with Gasteiger partial charge in [-0.15, -0.1) is 0 Å². The lowest BCUT2D eigenvalue weighted by molar-refractivity contribution is 0.378. The van der Waals surface area contributed by atoms with Crippen LogP contribution in [-0.2, 0) is 6.42 Å². The molecule has 96 valence electrons. The highest BCUT2D eigenvalue weighted by atomic mass is 16.5. The van der Waals surface area contributed by atoms with Crippen molar-refractivity contribution in [1.82, 2.24) is 15.1 Å². The van der Waals surface area contributed by atoms with E-state index in [0.717, 1.165) is 23.7 Å². The van der Waals surface area contributed by atoms with Crippen molar-refractivity contribution in [3.63, 3.8) is 0 Å². The second kappa shape index (κ2) is 4.68. The van der Waals surface area contributed by atoms with E-state index in [0.29, 0.717) is 17.3 Å². The number of hydrogen-bond acceptors (Lipinski definition) is 4. The van der Waals surface area contributed by atoms with Gasteiger partial charge in [0.05, 0.1) is 5.56 Å². The van der Waals surface area contributed by atoms with E-state index in [1.165, 1.54) is 0 Å². The minimum absolute atomic E-state index is 0.206. The zero-order chi connectivity index (χ0) is 13.2. The fourth-order valence-electron chi connectivity index (χ4n) is 1.99. The van der Waals surface area contributed by atoms with Crippen molar-refractivity contribution in [1.29, 1.82) is 0 Å². The van der Waals surface area contributed by atoms with Crippen LogP contribution in [0.3, 0.4) is 0 Å². The van der Waals surface area contributed by atoms with Crippen LogP contribution in [0.15, 0.2) is 39.6 Å². The van der Waals surface area contributed by atoms with Crippen LogP contribution in [0.4, 0.5) is 0 Å². The average Bonchev–Trinajstić information content (AvgIpc) is 2.87. The Morgan fingerprint density at radius 3 is 3.00 bits per heavy atom. The van der Waals surface area contributed by atoms with Crippen molar-refractivity contribution < 1.29 is 4.52 Å². The Morgan fingerprint density at radius 1 is 1.32 bits per heavy atom. The molecule has 1 N–H and O–H groups in total. The van der Waals surface area contributed by atoms with Gasteiger partial charge in [0.1, 0.15) is 0 Å². The molecule has 2 aromatic heterocycles. The van der Waals surface area contributed by atoms with Crippen LogP contribution in [0.5, 0.6) is 0 Å². The zero-order valence-corrected chi connectivity index (χ0v) is 10.5. The van der Waals surface area contributed by atoms with E-state index < -0.39 is 0 Å². The first kappa shape index (κ1) is 11.6. The Bertz CT molecular complexity index is 773. The largest absolute Gasteiger partial charge is 0.339 e. The molecule has 0 saturated carbocycles. The lowest BCUT2D eigenvalue weighted by Gasteiger charge is -1.98. The normalized spacial score (nSPS) is 11.0. The summed E-state index contributed by atoms with van der Waals surface area (Å²) < 4.78 is 5.11. The lowest BCUT2D eigenvalue weighted by atomic mass is 10.1. The first-order chi connectivity index (χ1) is 9.28. The first-order valence-corrected chi connectivity index (χ1v) is 6.23. The topological polar surface area (TPSA) is 71.8 Å². The van der Waals surface area contributed by atoms with Crippen LogP contribution in [-0.4, -0.2) is 15.1 Å². The Labute approximate surface area is 109 Å². The number of aromatic amines is 1. The second-order valence-electron chi connectivity index (χ2n) is 4.36. The van der Waals surface area contributed by atoms with Crippen LogP contribution in [0.1, 0.15) is 19.2 Å². The second-order valence-corrected chi connectivity index (χ2v) is 4.36. The summed E-state index contributed by atoms with van der Waals surface area (Å²) in [5.41, 5.74) is 1.03. The number of fused-ring (bicyclic) bond motifs is 1. The summed E-state index contributed by atoms with van der Waals surface area (Å²) in [4.78, 5) is 19.1. The van der Waals surface area contributed by atoms with Crippen molar-refractivity contribution in [2.24, 2.45) is 0 Å². The molecular weight excluding hydrogens is 242 g/mol. The number of nitrogens with zero attached hydrogens (tertiary/aromatic N) is 2. The smallest absolute Gasteiger partial charge is 0.259 e. The SMILES string of the molecule is CCCc1nc(-c2cc3ccccc3[nH]c2=O)no1. The highest BCUT2D eigenvalue weighted by molar-refractivity contribution is 5.82. The standard InChI is InChI=1S/C14H13N3O2/c1-2-5-12-16-13(17-19-12)10-8-9-6-3-4-7-11(9)15-14(10)18/h3-4,6-8H,2,5H2,1H3,(H,15,18). The number of H-pyrrole nitrogens is 1. The molecule has 0 aliphatic carbocycles. The summed E-state index contributed by atoms with van der Waals surface area (Å²) in [7, 11) is 0. The molecule has 0 aliphatic rings. The molecule has 0 spiro atoms. The Morgan fingerprint density at radius 2 is 2.16 bits per heavy atom. The summed E-state index contributed by atoms with van der Waals surface area (Å²) in [6.07, 6.45) is 1.65. The van der Waals surface area contributed by atoms with Crippen LogP contribution in [0.2, 0.25) is 0 Å². The van der Waals surface area contributed by atoms with Crippen LogP contribution in [0, 0.1) is 0 Å². The van der Waals surface area contributed by atoms with Crippen molar-refractivity contribution in [3.05, 3.63) is 46.6 Å². The number of pyridine rings is 1. The molecule has 0 radical (unpaired) electrons. The molecule has 0 fully saturated rings. The number of nitrogens with one attached hydrogen (secondary N) is 1. The lowest BCUT2D eigenvalue weighted by Crippen LogP contribution is -2.09. The molecular formula is C14H13N3O2. The average molecular weight is 255 g/mol. The van der Waals surface area contributed by atoms with Crippen molar-refractivity contribution in [3.8, 4) is 11.4 Å². The van der Waals surface area contributed by atoms with Gasteiger partial charge in [0.15, 0.2) is 0 Å². The maximum absolute atomic E-state index is 12.0. The van der Waals surface area contributed by atoms with E-state index in [2.05, 4.69) is 15.1 Å². The van der Waals surface area contributed by atoms with Crippen LogP contribution < -0.4 is 5.56 Å². The number of benzene rings is 1. The predicted molar refractivity (Wildman–Crippen MR) is 71.9 cm³/mol. The van der Waals surface area contributed by atoms with Crippen LogP contribution >= 0.6 is 0 Å². The molecule has 0 unspecified atom stereocenters. The van der Waals surface area contributed by atoms with Crippen molar-refractivity contribution >= 4 is 10.9 Å². The first-order valence-electron chi connectivity index (χ1n) is 6.23. The van der Waals surface area contributed by atoms with Gasteiger partial charge < -0.3 is 9.51 Å². The molecule has 0 atom stereocenters. The summed E-state index contributed by atoms with van der Waals surface area (Å²) in [6.45, 7) is 2.03. The summed E-state index contributed by atoms with van der Waals surface area (Å²) >= 11 is 0. The van der Waals surface area contributed by atoms with Gasteiger partial charge in [-0.2, -0.15) is 4.98 Å². The third kappa shape index (κ3) is 2.14. The molecule has 3 rings (SSSR count). The van der Waals surface area contributed by atoms with Crippen molar-refractivity contribution in [2.75, 3.05) is 0 Å². The quantitative estimate of drug-likeness (QED) is 0.780. The minimum atomic E-state index is -0.206. The highest BCUT2D eigenvalue weighted by Gasteiger charge is 2.12. The van der Waals surface area contributed by atoms with E-state index in [9.17, 15) is 4.79 Å². The van der Waals surface area contributed by atoms with Gasteiger partial charge in [0.25, 0.3) is 5.56 Å². The van der Waals surface area contributed by atoms with Gasteiger partial charge in [-0.3, -0.25) is 4.79 Å². The summed E-state index contributed by atoms with van der Waals surface area (Å²) in [6, 6.07) is 9.38. The fourth-order valence-corrected chi connectivity index (χ4v) is 1.99. The highest BCUT2D eigenvalue weighted by Crippen LogP contribution is 2.17. The minimum Gasteiger partial charge on any atom is -0.339 e. The fraction of sp³-hybridized carbons (Fsp3) is 0.214. The third-order valence-corrected chi connectivity index (χ3v) is 2.93. The predicted octanol–water partition coefficient (Wildman–Crippen LogP) is 2.53. The van der Waals surface area contributed by atoms with Crippen molar-refractivity contribution in [2.45, 2.75) is 19.8 Å². The van der Waals surface area contributed by atoms with E-state index >= 15 is 0 Å². The van der Waals surface area contributed by atoms with E-state index in [1.54, 1.807) is 6.07 Å². The molecule has 19 heavy (non-hydrogen) atoms. The summed E-state index contributed by atoms with van der Waals surface area (Å²) in [5.74, 6) is 0.903. The maximum Gasteiger partial charge on any atom is 0.259 e. The molecule has 0 amide bonds. The molecule has 2 heterocycles. The van der Waals surface area contributed by atoms with E-state index in [1.807, 2.05) is 31.2 Å². The van der Waals surface area contributed by atoms with Gasteiger partial charge in [-0.05, 0) is 23.9 Å². The van der Waals surface area contributed by atoms with Gasteiger partial charge in [-0.1, -0.05) is 30.3 Å². The molecule has 0 saturated heterocycles. The molecule has 5 nitrogen and oxygen atoms in total. The number of rotatable bonds is 3. The third-order valence-electron chi connectivity index (χ3n) is 2.93. The molecule has 3 aromatic rings. The van der Waals surface area contributed by atoms with E-state index in [4.69, 9.17) is 4.52 Å². The Hall–Kier alpha value is -2.43. The number of para-hydroxylation sites is 1. The van der Waals surface area contributed by atoms with Crippen LogP contribution in [0.25, 0.3) is 22.3 Å². The van der Waals surface area contributed by atoms with Gasteiger partial charge in [-0.25, -0.2) is 0 Å². The summed E-state index contributed by atoms with van der Waals surface area (Å²) in [5, 5.41) is 4.81. The molecule has 1 aromatic carbocycles. The Balaban J connectivity index is 2.13. The molecule has 0 aliphatic heterocycles. The van der Waals surface area contributed by atoms with Gasteiger partial charge in [0, 0.05) is 11.9 Å². The zero-order valence-electron chi connectivity index (χ0n) is 10.5. The number of aryl methyl sites for hydroxylation is 1. The number of aromatic nitrogens is 3. The Kier molecular flexibility index (Phi) is 2.87. The molecule has 0 bridgehead atoms. The monoisotopic (exact) mass is 255 g/mol. The van der Waals surface area contributed by atoms with Gasteiger partial charge >= 0.3 is 0 Å². The van der Waals surface area contributed by atoms with Gasteiger partial charge in [0.2, 0.25) is 11.7 Å². The molecule has 5 heteroatoms. The maximum atomic E-state index is 12.0. The van der Waals surface area contributed by atoms with E-state index in [-0.39, 0.29) is 5.56 Å². The number of hydrogen-bond donors (Lipinski definition) is 1.